The van der Waals surface area contributed by atoms with Gasteiger partial charge in [0.05, 0.1) is 5.02 Å². The molecule has 53 heavy (non-hydrogen) atoms. The number of carbonyl (C=O) groups is 3. The van der Waals surface area contributed by atoms with Crippen molar-refractivity contribution in [3.63, 3.8) is 0 Å². The quantitative estimate of drug-likeness (QED) is 0.0571. The molecule has 0 fully saturated rings. The first kappa shape index (κ1) is 38.6. The summed E-state index contributed by atoms with van der Waals surface area (Å²) in [5.41, 5.74) is -4.51. The molecule has 0 radical (unpaired) electrons. The van der Waals surface area contributed by atoms with Crippen LogP contribution in [0.2, 0.25) is 5.02 Å². The van der Waals surface area contributed by atoms with E-state index in [4.69, 9.17) is 11.6 Å². The number of benzene rings is 5. The molecule has 0 spiro atoms. The fraction of sp³-hybridized carbons (Fsp3) is 0.0541. The van der Waals surface area contributed by atoms with Crippen LogP contribution in [0.4, 0.5) is 46.5 Å². The van der Waals surface area contributed by atoms with Gasteiger partial charge in [-0.15, -0.1) is 11.8 Å². The zero-order chi connectivity index (χ0) is 38.4. The summed E-state index contributed by atoms with van der Waals surface area (Å²) in [6.45, 7) is 0. The third kappa shape index (κ3) is 9.04. The maximum atomic E-state index is 14.6. The number of hydrogen-bond acceptors (Lipinski definition) is 4. The van der Waals surface area contributed by atoms with Crippen LogP contribution in [0.5, 0.6) is 0 Å². The van der Waals surface area contributed by atoms with Crippen molar-refractivity contribution in [1.29, 1.82) is 0 Å². The molecule has 5 aromatic rings. The van der Waals surface area contributed by atoms with Gasteiger partial charge in [0, 0.05) is 21.7 Å². The van der Waals surface area contributed by atoms with Crippen LogP contribution in [0.1, 0.15) is 32.3 Å². The lowest BCUT2D eigenvalue weighted by atomic mass is 10.1. The highest BCUT2D eigenvalue weighted by Crippen LogP contribution is 2.41. The Kier molecular flexibility index (Phi) is 11.9. The van der Waals surface area contributed by atoms with Crippen molar-refractivity contribution in [1.82, 2.24) is 5.32 Å². The summed E-state index contributed by atoms with van der Waals surface area (Å²) in [6.07, 6.45) is -4.71. The van der Waals surface area contributed by atoms with Gasteiger partial charge in [0.25, 0.3) is 11.8 Å². The monoisotopic (exact) mass is 775 g/mol. The van der Waals surface area contributed by atoms with Crippen molar-refractivity contribution < 1.29 is 49.5 Å². The van der Waals surface area contributed by atoms with Crippen molar-refractivity contribution in [2.75, 3.05) is 10.6 Å². The van der Waals surface area contributed by atoms with Crippen LogP contribution in [0.25, 0.3) is 6.08 Å². The second-order valence-electron chi connectivity index (χ2n) is 10.9. The van der Waals surface area contributed by atoms with E-state index < -0.39 is 69.5 Å². The third-order valence-electron chi connectivity index (χ3n) is 7.32. The van der Waals surface area contributed by atoms with Crippen molar-refractivity contribution in [3.05, 3.63) is 165 Å². The normalized spacial score (nSPS) is 12.2. The van der Waals surface area contributed by atoms with Crippen molar-refractivity contribution in [3.8, 4) is 0 Å². The Balaban J connectivity index is 1.39. The van der Waals surface area contributed by atoms with Gasteiger partial charge in [-0.2, -0.15) is 13.2 Å². The van der Waals surface area contributed by atoms with Crippen molar-refractivity contribution in [2.45, 2.75) is 16.3 Å². The number of rotatable bonds is 10. The number of nitrogens with one attached hydrogen (secondary N) is 3. The molecule has 0 bridgehead atoms. The largest absolute Gasteiger partial charge is 0.422 e. The third-order valence-corrected chi connectivity index (χ3v) is 8.91. The Hall–Kier alpha value is -5.67. The van der Waals surface area contributed by atoms with E-state index in [1.807, 2.05) is 0 Å². The van der Waals surface area contributed by atoms with E-state index in [2.05, 4.69) is 10.6 Å². The summed E-state index contributed by atoms with van der Waals surface area (Å²) in [5, 5.41) is 5.26. The molecule has 0 aliphatic rings. The molecule has 1 atom stereocenters. The second-order valence-corrected chi connectivity index (χ2v) is 12.5. The molecule has 1 unspecified atom stereocenters. The highest BCUT2D eigenvalue weighted by Gasteiger charge is 2.43. The summed E-state index contributed by atoms with van der Waals surface area (Å²) in [4.78, 5) is 40.0. The van der Waals surface area contributed by atoms with E-state index in [1.165, 1.54) is 72.8 Å². The fourth-order valence-electron chi connectivity index (χ4n) is 4.77. The summed E-state index contributed by atoms with van der Waals surface area (Å²) in [6, 6.07) is 24.8. The molecule has 272 valence electrons. The molecule has 0 saturated carbocycles. The number of hydrogen-bond donors (Lipinski definition) is 3. The van der Waals surface area contributed by atoms with Crippen LogP contribution in [0, 0.1) is 29.1 Å². The van der Waals surface area contributed by atoms with Gasteiger partial charge in [0.1, 0.15) is 28.0 Å². The van der Waals surface area contributed by atoms with E-state index in [0.29, 0.717) is 4.90 Å². The van der Waals surface area contributed by atoms with Crippen LogP contribution < -0.4 is 16.0 Å². The molecule has 0 aliphatic carbocycles. The van der Waals surface area contributed by atoms with Crippen LogP contribution in [-0.4, -0.2) is 17.7 Å². The summed E-state index contributed by atoms with van der Waals surface area (Å²) < 4.78 is 112. The number of halogens is 9. The maximum Gasteiger partial charge on any atom is 0.422 e. The van der Waals surface area contributed by atoms with Crippen molar-refractivity contribution in [2.24, 2.45) is 0 Å². The number of amides is 3. The molecular weight excluding hydrogens is 754 g/mol. The van der Waals surface area contributed by atoms with E-state index >= 15 is 0 Å². The summed E-state index contributed by atoms with van der Waals surface area (Å²) in [5.74, 6) is -13.9. The van der Waals surface area contributed by atoms with Crippen LogP contribution >= 0.6 is 23.4 Å². The van der Waals surface area contributed by atoms with E-state index in [0.717, 1.165) is 23.9 Å². The minimum atomic E-state index is -5.77. The Morgan fingerprint density at radius 3 is 1.85 bits per heavy atom. The van der Waals surface area contributed by atoms with Gasteiger partial charge in [-0.05, 0) is 60.2 Å². The number of alkyl halides is 3. The molecule has 0 heterocycles. The number of thioether (sulfide) groups is 1. The topological polar surface area (TPSA) is 87.3 Å². The molecule has 16 heteroatoms. The zero-order valence-electron chi connectivity index (χ0n) is 26.5. The minimum absolute atomic E-state index is 0.0401. The van der Waals surface area contributed by atoms with Gasteiger partial charge in [0.2, 0.25) is 5.91 Å². The Morgan fingerprint density at radius 2 is 1.28 bits per heavy atom. The molecule has 3 amide bonds. The zero-order valence-corrected chi connectivity index (χ0v) is 28.1. The number of anilines is 2. The number of carbonyl (C=O) groups excluding carboxylic acids is 3. The van der Waals surface area contributed by atoms with Gasteiger partial charge < -0.3 is 16.0 Å². The van der Waals surface area contributed by atoms with E-state index in [1.54, 1.807) is 29.6 Å². The van der Waals surface area contributed by atoms with Gasteiger partial charge in [-0.25, -0.2) is 22.0 Å². The Morgan fingerprint density at radius 1 is 0.698 bits per heavy atom. The summed E-state index contributed by atoms with van der Waals surface area (Å²) >= 11 is 6.92. The maximum absolute atomic E-state index is 14.6. The predicted octanol–water partition coefficient (Wildman–Crippen LogP) is 9.94. The molecule has 6 nitrogen and oxygen atoms in total. The molecule has 0 saturated heterocycles. The lowest BCUT2D eigenvalue weighted by Crippen LogP contribution is -2.30. The highest BCUT2D eigenvalue weighted by molar-refractivity contribution is 8.00. The molecular formula is C37H22ClF8N3O3S. The molecule has 0 aromatic heterocycles. The predicted molar refractivity (Wildman–Crippen MR) is 183 cm³/mol. The standard InChI is InChI=1S/C37H22ClF8N3O3S/c38-24-12-7-13-25(39)23(24)18-26(48-34(50)20-10-5-2-6-11-20)35(51)47-21-14-16-22(17-15-21)53-33(19-8-3-1-4-9-19)36(52)49-32-30(42)28(40)27(37(44,45)46)29(41)31(32)43/h1-18,33H,(H,47,51)(H,48,50)(H,49,52)/b26-18-. The summed E-state index contributed by atoms with van der Waals surface area (Å²) in [7, 11) is 0. The van der Waals surface area contributed by atoms with Crippen molar-refractivity contribution >= 4 is 58.5 Å². The first-order chi connectivity index (χ1) is 25.1. The van der Waals surface area contributed by atoms with Crippen LogP contribution in [0.3, 0.4) is 0 Å². The average molecular weight is 776 g/mol. The second kappa shape index (κ2) is 16.3. The first-order valence-electron chi connectivity index (χ1n) is 15.0. The fourth-order valence-corrected chi connectivity index (χ4v) is 6.01. The Bertz CT molecular complexity index is 2150. The van der Waals surface area contributed by atoms with E-state index in [-0.39, 0.29) is 33.1 Å². The lowest BCUT2D eigenvalue weighted by Gasteiger charge is -2.19. The molecule has 5 rings (SSSR count). The van der Waals surface area contributed by atoms with Crippen LogP contribution in [-0.2, 0) is 15.8 Å². The SMILES string of the molecule is O=C(Nc1ccc(SC(C(=O)Nc2c(F)c(F)c(C(F)(F)F)c(F)c2F)c2ccccc2)cc1)/C(=C/c1c(F)cccc1Cl)NC(=O)c1ccccc1. The lowest BCUT2D eigenvalue weighted by molar-refractivity contribution is -0.143. The Labute approximate surface area is 304 Å². The van der Waals surface area contributed by atoms with E-state index in [9.17, 15) is 49.5 Å². The van der Waals surface area contributed by atoms with Gasteiger partial charge in [-0.3, -0.25) is 14.4 Å². The average Bonchev–Trinajstić information content (AvgIpc) is 3.13. The molecule has 0 aliphatic heterocycles. The smallest absolute Gasteiger partial charge is 0.321 e. The van der Waals surface area contributed by atoms with Crippen LogP contribution in [0.15, 0.2) is 114 Å². The first-order valence-corrected chi connectivity index (χ1v) is 16.3. The van der Waals surface area contributed by atoms with Gasteiger partial charge in [0.15, 0.2) is 23.3 Å². The molecule has 5 aromatic carbocycles. The van der Waals surface area contributed by atoms with Gasteiger partial charge in [-0.1, -0.05) is 66.2 Å². The molecule has 3 N–H and O–H groups in total. The highest BCUT2D eigenvalue weighted by atomic mass is 35.5. The van der Waals surface area contributed by atoms with Gasteiger partial charge >= 0.3 is 6.18 Å². The minimum Gasteiger partial charge on any atom is -0.321 e.